The van der Waals surface area contributed by atoms with E-state index in [-0.39, 0.29) is 0 Å². The van der Waals surface area contributed by atoms with Gasteiger partial charge in [0.15, 0.2) is 0 Å². The molecule has 106 valence electrons. The van der Waals surface area contributed by atoms with Crippen LogP contribution in [0.15, 0.2) is 24.7 Å². The fourth-order valence-electron chi connectivity index (χ4n) is 2.33. The van der Waals surface area contributed by atoms with Gasteiger partial charge in [0.2, 0.25) is 11.8 Å². The predicted molar refractivity (Wildman–Crippen MR) is 74.7 cm³/mol. The van der Waals surface area contributed by atoms with E-state index in [9.17, 15) is 0 Å². The molecule has 2 aromatic rings. The molecule has 20 heavy (non-hydrogen) atoms. The molecule has 3 heterocycles. The Hall–Kier alpha value is -2.15. The summed E-state index contributed by atoms with van der Waals surface area (Å²) in [5.74, 6) is 1.35. The van der Waals surface area contributed by atoms with E-state index < -0.39 is 0 Å². The van der Waals surface area contributed by atoms with Crippen molar-refractivity contribution in [1.82, 2.24) is 25.1 Å². The second-order valence-corrected chi connectivity index (χ2v) is 4.77. The maximum Gasteiger partial charge on any atom is 0.228 e. The molecule has 0 bridgehead atoms. The number of hydrogen-bond donors (Lipinski definition) is 1. The Bertz CT molecular complexity index is 536. The summed E-state index contributed by atoms with van der Waals surface area (Å²) in [5.41, 5.74) is 1.22. The second-order valence-electron chi connectivity index (χ2n) is 4.77. The monoisotopic (exact) mass is 274 g/mol. The lowest BCUT2D eigenvalue weighted by Crippen LogP contribution is -2.46. The second kappa shape index (κ2) is 5.87. The topological polar surface area (TPSA) is 70.2 Å². The lowest BCUT2D eigenvalue weighted by atomic mass is 10.2. The van der Waals surface area contributed by atoms with Gasteiger partial charge in [0.1, 0.15) is 0 Å². The number of piperazine rings is 1. The Morgan fingerprint density at radius 3 is 2.85 bits per heavy atom. The van der Waals surface area contributed by atoms with E-state index in [4.69, 9.17) is 4.74 Å². The zero-order chi connectivity index (χ0) is 13.8. The number of aromatic amines is 1. The highest BCUT2D eigenvalue weighted by atomic mass is 16.5. The first kappa shape index (κ1) is 12.9. The molecule has 0 amide bonds. The van der Waals surface area contributed by atoms with Crippen LogP contribution in [0.3, 0.4) is 0 Å². The summed E-state index contributed by atoms with van der Waals surface area (Å²) in [6.45, 7) is 4.76. The normalized spacial score (nSPS) is 16.4. The van der Waals surface area contributed by atoms with Crippen molar-refractivity contribution in [1.29, 1.82) is 0 Å². The van der Waals surface area contributed by atoms with Crippen molar-refractivity contribution in [3.8, 4) is 5.88 Å². The molecular weight excluding hydrogens is 256 g/mol. The average Bonchev–Trinajstić information content (AvgIpc) is 3.01. The van der Waals surface area contributed by atoms with Crippen molar-refractivity contribution in [2.45, 2.75) is 6.54 Å². The third-order valence-electron chi connectivity index (χ3n) is 3.44. The molecule has 0 radical (unpaired) electrons. The molecule has 0 aliphatic carbocycles. The molecule has 0 atom stereocenters. The van der Waals surface area contributed by atoms with Crippen LogP contribution in [-0.2, 0) is 6.54 Å². The van der Waals surface area contributed by atoms with Crippen molar-refractivity contribution >= 4 is 5.95 Å². The van der Waals surface area contributed by atoms with Gasteiger partial charge in [-0.3, -0.25) is 10.00 Å². The summed E-state index contributed by atoms with van der Waals surface area (Å²) in [7, 11) is 1.62. The molecule has 1 saturated heterocycles. The number of aromatic nitrogens is 4. The van der Waals surface area contributed by atoms with E-state index in [0.717, 1.165) is 38.7 Å². The van der Waals surface area contributed by atoms with E-state index in [1.807, 2.05) is 12.4 Å². The van der Waals surface area contributed by atoms with Gasteiger partial charge < -0.3 is 9.64 Å². The van der Waals surface area contributed by atoms with E-state index in [1.54, 1.807) is 19.4 Å². The van der Waals surface area contributed by atoms with E-state index in [0.29, 0.717) is 5.88 Å². The molecule has 2 aromatic heterocycles. The molecule has 0 saturated carbocycles. The Labute approximate surface area is 117 Å². The lowest BCUT2D eigenvalue weighted by Gasteiger charge is -2.34. The summed E-state index contributed by atoms with van der Waals surface area (Å²) in [6.07, 6.45) is 5.55. The molecule has 1 aliphatic rings. The lowest BCUT2D eigenvalue weighted by molar-refractivity contribution is 0.248. The summed E-state index contributed by atoms with van der Waals surface area (Å²) < 4.78 is 5.14. The predicted octanol–water partition coefficient (Wildman–Crippen LogP) is 0.530. The maximum atomic E-state index is 5.14. The van der Waals surface area contributed by atoms with E-state index >= 15 is 0 Å². The molecular formula is C13H18N6O. The van der Waals surface area contributed by atoms with Crippen LogP contribution in [0.4, 0.5) is 5.95 Å². The summed E-state index contributed by atoms with van der Waals surface area (Å²) >= 11 is 0. The number of nitrogens with zero attached hydrogens (tertiary/aromatic N) is 5. The molecule has 0 spiro atoms. The Balaban J connectivity index is 1.57. The Kier molecular flexibility index (Phi) is 3.78. The number of anilines is 1. The zero-order valence-electron chi connectivity index (χ0n) is 11.5. The van der Waals surface area contributed by atoms with Crippen LogP contribution in [0.25, 0.3) is 0 Å². The number of ether oxygens (including phenoxy) is 1. The van der Waals surface area contributed by atoms with Gasteiger partial charge in [0.05, 0.1) is 13.3 Å². The van der Waals surface area contributed by atoms with E-state index in [1.165, 1.54) is 5.56 Å². The Morgan fingerprint density at radius 1 is 1.30 bits per heavy atom. The maximum absolute atomic E-state index is 5.14. The Morgan fingerprint density at radius 2 is 2.15 bits per heavy atom. The van der Waals surface area contributed by atoms with Crippen molar-refractivity contribution in [3.05, 3.63) is 30.2 Å². The van der Waals surface area contributed by atoms with E-state index in [2.05, 4.69) is 30.0 Å². The van der Waals surface area contributed by atoms with Crippen LogP contribution >= 0.6 is 0 Å². The van der Waals surface area contributed by atoms with Gasteiger partial charge in [0, 0.05) is 56.7 Å². The summed E-state index contributed by atoms with van der Waals surface area (Å²) in [6, 6.07) is 1.76. The minimum atomic E-state index is 0.607. The molecule has 1 N–H and O–H groups in total. The molecule has 1 aliphatic heterocycles. The van der Waals surface area contributed by atoms with Gasteiger partial charge in [-0.25, -0.2) is 4.98 Å². The third-order valence-corrected chi connectivity index (χ3v) is 3.44. The first-order valence-corrected chi connectivity index (χ1v) is 6.67. The average molecular weight is 274 g/mol. The highest BCUT2D eigenvalue weighted by Gasteiger charge is 2.19. The van der Waals surface area contributed by atoms with Crippen LogP contribution < -0.4 is 9.64 Å². The molecule has 1 fully saturated rings. The number of methoxy groups -OCH3 is 1. The minimum absolute atomic E-state index is 0.607. The fourth-order valence-corrected chi connectivity index (χ4v) is 2.33. The molecule has 0 aromatic carbocycles. The first-order chi connectivity index (χ1) is 9.85. The fraction of sp³-hybridized carbons (Fsp3) is 0.462. The van der Waals surface area contributed by atoms with Crippen LogP contribution in [0, 0.1) is 0 Å². The van der Waals surface area contributed by atoms with Crippen LogP contribution in [0.1, 0.15) is 5.56 Å². The summed E-state index contributed by atoms with van der Waals surface area (Å²) in [5, 5.41) is 6.82. The van der Waals surface area contributed by atoms with Gasteiger partial charge in [-0.15, -0.1) is 0 Å². The SMILES string of the molecule is COc1ccnc(N2CCN(Cc3cn[nH]c3)CC2)n1. The summed E-state index contributed by atoms with van der Waals surface area (Å²) in [4.78, 5) is 13.3. The molecule has 0 unspecified atom stereocenters. The van der Waals surface area contributed by atoms with Crippen LogP contribution in [0.5, 0.6) is 5.88 Å². The number of rotatable bonds is 4. The first-order valence-electron chi connectivity index (χ1n) is 6.67. The van der Waals surface area contributed by atoms with Crippen molar-refractivity contribution in [2.24, 2.45) is 0 Å². The molecule has 3 rings (SSSR count). The number of H-pyrrole nitrogens is 1. The molecule has 7 heteroatoms. The third kappa shape index (κ3) is 2.88. The number of nitrogens with one attached hydrogen (secondary N) is 1. The van der Waals surface area contributed by atoms with Gasteiger partial charge in [-0.05, 0) is 0 Å². The highest BCUT2D eigenvalue weighted by molar-refractivity contribution is 5.32. The van der Waals surface area contributed by atoms with Gasteiger partial charge in [-0.1, -0.05) is 0 Å². The quantitative estimate of drug-likeness (QED) is 0.877. The smallest absolute Gasteiger partial charge is 0.228 e. The highest BCUT2D eigenvalue weighted by Crippen LogP contribution is 2.15. The standard InChI is InChI=1S/C13H18N6O/c1-20-12-2-3-14-13(17-12)19-6-4-18(5-7-19)10-11-8-15-16-9-11/h2-3,8-9H,4-7,10H2,1H3,(H,15,16). The number of hydrogen-bond acceptors (Lipinski definition) is 6. The largest absolute Gasteiger partial charge is 0.481 e. The van der Waals surface area contributed by atoms with Gasteiger partial charge >= 0.3 is 0 Å². The zero-order valence-corrected chi connectivity index (χ0v) is 11.5. The minimum Gasteiger partial charge on any atom is -0.481 e. The van der Waals surface area contributed by atoms with Crippen molar-refractivity contribution < 1.29 is 4.74 Å². The van der Waals surface area contributed by atoms with Crippen LogP contribution in [-0.4, -0.2) is 58.4 Å². The molecule has 7 nitrogen and oxygen atoms in total. The van der Waals surface area contributed by atoms with Gasteiger partial charge in [-0.2, -0.15) is 10.1 Å². The van der Waals surface area contributed by atoms with Crippen LogP contribution in [0.2, 0.25) is 0 Å². The van der Waals surface area contributed by atoms with Crippen molar-refractivity contribution in [2.75, 3.05) is 38.2 Å². The van der Waals surface area contributed by atoms with Gasteiger partial charge in [0.25, 0.3) is 0 Å². The van der Waals surface area contributed by atoms with Crippen molar-refractivity contribution in [3.63, 3.8) is 0 Å².